The summed E-state index contributed by atoms with van der Waals surface area (Å²) in [6.07, 6.45) is 56.7. The number of nitrogens with one attached hydrogen (secondary N) is 1. The Morgan fingerprint density at radius 2 is 0.712 bits per heavy atom. The van der Waals surface area contributed by atoms with Crippen molar-refractivity contribution in [1.29, 1.82) is 0 Å². The molecule has 0 aromatic rings. The van der Waals surface area contributed by atoms with Gasteiger partial charge in [0.15, 0.2) is 0 Å². The lowest BCUT2D eigenvalue weighted by Gasteiger charge is -2.27. The maximum absolute atomic E-state index is 12.6. The molecule has 4 unspecified atom stereocenters. The Bertz CT molecular complexity index is 893. The van der Waals surface area contributed by atoms with Crippen LogP contribution < -0.4 is 5.32 Å². The second-order valence-electron chi connectivity index (χ2n) is 18.2. The first-order valence-corrected chi connectivity index (χ1v) is 26.2. The van der Waals surface area contributed by atoms with Gasteiger partial charge in [-0.2, -0.15) is 0 Å². The highest BCUT2D eigenvalue weighted by molar-refractivity contribution is 5.80. The van der Waals surface area contributed by atoms with Gasteiger partial charge < -0.3 is 25.7 Å². The molecular weight excluding hydrogens is 731 g/mol. The van der Waals surface area contributed by atoms with E-state index in [0.29, 0.717) is 19.3 Å². The van der Waals surface area contributed by atoms with Crippen LogP contribution in [0.5, 0.6) is 0 Å². The van der Waals surface area contributed by atoms with Gasteiger partial charge in [0, 0.05) is 0 Å². The summed E-state index contributed by atoms with van der Waals surface area (Å²) in [7, 11) is 0. The average Bonchev–Trinajstić information content (AvgIpc) is 3.24. The molecule has 0 saturated carbocycles. The number of carbonyl (C=O) groups is 1. The molecule has 6 nitrogen and oxygen atoms in total. The van der Waals surface area contributed by atoms with Crippen molar-refractivity contribution >= 4 is 5.91 Å². The SMILES string of the molecule is CCCCCCCCCC/C=C/CC/C=C/CCCC(O)C(O)C(CO)NC(=O)C(O)CCCCCCCCCCCCCCCCCCCCCCCCCCCC. The predicted molar refractivity (Wildman–Crippen MR) is 256 cm³/mol. The summed E-state index contributed by atoms with van der Waals surface area (Å²) in [6, 6.07) is -1.01. The van der Waals surface area contributed by atoms with Crippen molar-refractivity contribution in [2.24, 2.45) is 0 Å². The minimum Gasteiger partial charge on any atom is -0.394 e. The third-order valence-corrected chi connectivity index (χ3v) is 12.4. The standard InChI is InChI=1S/C53H103NO5/c1-3-5-7-9-11-13-15-17-19-21-22-23-24-25-26-27-28-29-31-33-35-37-39-41-43-45-47-51(57)53(59)54-49(48-55)52(58)50(56)46-44-42-40-38-36-34-32-30-20-18-16-14-12-10-8-6-4-2/h30,32,38,40,49-52,55-58H,3-29,31,33-37,39,41-48H2,1-2H3,(H,54,59)/b32-30+,40-38+. The molecule has 0 aliphatic rings. The predicted octanol–water partition coefficient (Wildman–Crippen LogP) is 14.7. The first-order valence-electron chi connectivity index (χ1n) is 26.2. The minimum absolute atomic E-state index is 0.364. The molecule has 1 amide bonds. The topological polar surface area (TPSA) is 110 Å². The second kappa shape index (κ2) is 47.8. The van der Waals surface area contributed by atoms with Crippen LogP contribution in [-0.2, 0) is 4.79 Å². The van der Waals surface area contributed by atoms with Gasteiger partial charge in [-0.05, 0) is 51.4 Å². The van der Waals surface area contributed by atoms with Crippen molar-refractivity contribution in [1.82, 2.24) is 5.32 Å². The Balaban J connectivity index is 3.66. The van der Waals surface area contributed by atoms with Gasteiger partial charge in [0.1, 0.15) is 12.2 Å². The van der Waals surface area contributed by atoms with Crippen molar-refractivity contribution in [3.05, 3.63) is 24.3 Å². The van der Waals surface area contributed by atoms with Crippen LogP contribution in [0.2, 0.25) is 0 Å². The Kier molecular flexibility index (Phi) is 46.9. The third-order valence-electron chi connectivity index (χ3n) is 12.4. The van der Waals surface area contributed by atoms with Crippen LogP contribution in [0.15, 0.2) is 24.3 Å². The Morgan fingerprint density at radius 1 is 0.407 bits per heavy atom. The van der Waals surface area contributed by atoms with E-state index in [1.165, 1.54) is 205 Å². The van der Waals surface area contributed by atoms with E-state index in [9.17, 15) is 25.2 Å². The van der Waals surface area contributed by atoms with Crippen molar-refractivity contribution in [2.75, 3.05) is 6.61 Å². The fourth-order valence-corrected chi connectivity index (χ4v) is 8.25. The first-order chi connectivity index (χ1) is 29.0. The van der Waals surface area contributed by atoms with Gasteiger partial charge in [0.25, 0.3) is 0 Å². The molecule has 0 spiro atoms. The molecular formula is C53H103NO5. The second-order valence-corrected chi connectivity index (χ2v) is 18.2. The van der Waals surface area contributed by atoms with Crippen molar-refractivity contribution < 1.29 is 25.2 Å². The molecule has 0 radical (unpaired) electrons. The summed E-state index contributed by atoms with van der Waals surface area (Å²) >= 11 is 0. The summed E-state index contributed by atoms with van der Waals surface area (Å²) in [6.45, 7) is 4.06. The lowest BCUT2D eigenvalue weighted by Crippen LogP contribution is -2.53. The van der Waals surface area contributed by atoms with Crippen LogP contribution in [0, 0.1) is 0 Å². The van der Waals surface area contributed by atoms with Crippen LogP contribution in [0.25, 0.3) is 0 Å². The van der Waals surface area contributed by atoms with E-state index in [-0.39, 0.29) is 0 Å². The van der Waals surface area contributed by atoms with Gasteiger partial charge in [-0.3, -0.25) is 4.79 Å². The summed E-state index contributed by atoms with van der Waals surface area (Å²) in [5, 5.41) is 43.8. The Morgan fingerprint density at radius 3 is 1.07 bits per heavy atom. The number of aliphatic hydroxyl groups is 4. The molecule has 0 rings (SSSR count). The number of carbonyl (C=O) groups excluding carboxylic acids is 1. The van der Waals surface area contributed by atoms with Gasteiger partial charge in [0.05, 0.1) is 18.8 Å². The maximum Gasteiger partial charge on any atom is 0.249 e. The van der Waals surface area contributed by atoms with Crippen LogP contribution in [0.4, 0.5) is 0 Å². The quantitative estimate of drug-likeness (QED) is 0.0310. The average molecular weight is 834 g/mol. The zero-order chi connectivity index (χ0) is 43.1. The van der Waals surface area contributed by atoms with E-state index in [2.05, 4.69) is 43.5 Å². The zero-order valence-electron chi connectivity index (χ0n) is 39.5. The van der Waals surface area contributed by atoms with Gasteiger partial charge >= 0.3 is 0 Å². The molecule has 0 aromatic carbocycles. The number of amides is 1. The normalized spacial score (nSPS) is 14.1. The number of rotatable bonds is 48. The number of allylic oxidation sites excluding steroid dienone is 4. The molecule has 0 aliphatic heterocycles. The molecule has 0 aromatic heterocycles. The van der Waals surface area contributed by atoms with Crippen molar-refractivity contribution in [3.63, 3.8) is 0 Å². The first kappa shape index (κ1) is 57.8. The van der Waals surface area contributed by atoms with E-state index < -0.39 is 36.9 Å². The maximum atomic E-state index is 12.6. The molecule has 0 bridgehead atoms. The summed E-state index contributed by atoms with van der Waals surface area (Å²) in [5.74, 6) is -0.593. The van der Waals surface area contributed by atoms with Crippen LogP contribution >= 0.6 is 0 Å². The monoisotopic (exact) mass is 834 g/mol. The Labute approximate surface area is 367 Å². The highest BCUT2D eigenvalue weighted by atomic mass is 16.3. The van der Waals surface area contributed by atoms with Gasteiger partial charge in [0.2, 0.25) is 5.91 Å². The zero-order valence-corrected chi connectivity index (χ0v) is 39.5. The molecule has 0 aliphatic carbocycles. The highest BCUT2D eigenvalue weighted by Crippen LogP contribution is 2.17. The number of hydrogen-bond donors (Lipinski definition) is 5. The molecule has 0 fully saturated rings. The van der Waals surface area contributed by atoms with E-state index >= 15 is 0 Å². The molecule has 59 heavy (non-hydrogen) atoms. The third kappa shape index (κ3) is 41.9. The molecule has 350 valence electrons. The lowest BCUT2D eigenvalue weighted by atomic mass is 10.00. The van der Waals surface area contributed by atoms with E-state index in [1.807, 2.05) is 0 Å². The van der Waals surface area contributed by atoms with E-state index in [1.54, 1.807) is 0 Å². The molecule has 0 saturated heterocycles. The highest BCUT2D eigenvalue weighted by Gasteiger charge is 2.28. The Hall–Kier alpha value is -1.21. The molecule has 5 N–H and O–H groups in total. The summed E-state index contributed by atoms with van der Waals surface area (Å²) in [5.41, 5.74) is 0. The van der Waals surface area contributed by atoms with Crippen molar-refractivity contribution in [2.45, 2.75) is 301 Å². The molecule has 0 heterocycles. The summed E-state index contributed by atoms with van der Waals surface area (Å²) < 4.78 is 0. The largest absolute Gasteiger partial charge is 0.394 e. The van der Waals surface area contributed by atoms with Gasteiger partial charge in [-0.15, -0.1) is 0 Å². The lowest BCUT2D eigenvalue weighted by molar-refractivity contribution is -0.132. The smallest absolute Gasteiger partial charge is 0.249 e. The number of hydrogen-bond acceptors (Lipinski definition) is 5. The van der Waals surface area contributed by atoms with Crippen LogP contribution in [-0.4, -0.2) is 57.3 Å². The summed E-state index contributed by atoms with van der Waals surface area (Å²) in [4.78, 5) is 12.6. The van der Waals surface area contributed by atoms with Crippen LogP contribution in [0.3, 0.4) is 0 Å². The minimum atomic E-state index is -1.29. The van der Waals surface area contributed by atoms with Crippen molar-refractivity contribution in [3.8, 4) is 0 Å². The van der Waals surface area contributed by atoms with Crippen LogP contribution in [0.1, 0.15) is 277 Å². The fraction of sp³-hybridized carbons (Fsp3) is 0.906. The van der Waals surface area contributed by atoms with E-state index in [4.69, 9.17) is 0 Å². The number of unbranched alkanes of at least 4 members (excludes halogenated alkanes) is 35. The van der Waals surface area contributed by atoms with Gasteiger partial charge in [-0.25, -0.2) is 0 Å². The van der Waals surface area contributed by atoms with E-state index in [0.717, 1.165) is 38.5 Å². The van der Waals surface area contributed by atoms with Gasteiger partial charge in [-0.1, -0.05) is 250 Å². The number of aliphatic hydroxyl groups excluding tert-OH is 4. The molecule has 4 atom stereocenters. The fourth-order valence-electron chi connectivity index (χ4n) is 8.25. The molecule has 6 heteroatoms.